The molecule has 3 heteroatoms. The second kappa shape index (κ2) is 7.08. The van der Waals surface area contributed by atoms with E-state index in [1.54, 1.807) is 6.92 Å². The van der Waals surface area contributed by atoms with Gasteiger partial charge in [-0.05, 0) is 38.2 Å². The smallest absolute Gasteiger partial charge is 0.244 e. The summed E-state index contributed by atoms with van der Waals surface area (Å²) in [5, 5.41) is 3.15. The number of hydrogen-bond acceptors (Lipinski definition) is 2. The summed E-state index contributed by atoms with van der Waals surface area (Å²) in [6.07, 6.45) is 7.65. The Labute approximate surface area is 128 Å². The zero-order chi connectivity index (χ0) is 15.3. The van der Waals surface area contributed by atoms with Gasteiger partial charge in [-0.15, -0.1) is 0 Å². The maximum absolute atomic E-state index is 12.6. The quantitative estimate of drug-likeness (QED) is 0.835. The van der Waals surface area contributed by atoms with Crippen molar-refractivity contribution in [2.75, 3.05) is 0 Å². The van der Waals surface area contributed by atoms with Crippen LogP contribution in [0.15, 0.2) is 30.3 Å². The first kappa shape index (κ1) is 16.0. The molecule has 1 saturated carbocycles. The van der Waals surface area contributed by atoms with Crippen LogP contribution in [0, 0.1) is 5.92 Å². The van der Waals surface area contributed by atoms with Crippen LogP contribution in [-0.4, -0.2) is 11.9 Å². The zero-order valence-electron chi connectivity index (χ0n) is 13.3. The van der Waals surface area contributed by atoms with Crippen LogP contribution in [0.4, 0.5) is 0 Å². The minimum absolute atomic E-state index is 0.0783. The molecule has 116 valence electrons. The summed E-state index contributed by atoms with van der Waals surface area (Å²) in [6.45, 7) is 3.91. The molecule has 21 heavy (non-hydrogen) atoms. The van der Waals surface area contributed by atoms with E-state index in [0.717, 1.165) is 5.56 Å². The summed E-state index contributed by atoms with van der Waals surface area (Å²) in [5.41, 5.74) is 6.16. The highest BCUT2D eigenvalue weighted by molar-refractivity contribution is 5.87. The molecule has 1 aromatic carbocycles. The molecular formula is C18H28N2O. The molecule has 0 bridgehead atoms. The van der Waals surface area contributed by atoms with E-state index in [9.17, 15) is 4.79 Å². The monoisotopic (exact) mass is 288 g/mol. The number of carbonyl (C=O) groups is 1. The fourth-order valence-corrected chi connectivity index (χ4v) is 3.20. The van der Waals surface area contributed by atoms with Crippen LogP contribution in [0.5, 0.6) is 0 Å². The molecule has 0 heterocycles. The third-order valence-electron chi connectivity index (χ3n) is 4.81. The molecule has 1 unspecified atom stereocenters. The van der Waals surface area contributed by atoms with Gasteiger partial charge >= 0.3 is 0 Å². The van der Waals surface area contributed by atoms with Crippen LogP contribution in [0.3, 0.4) is 0 Å². The van der Waals surface area contributed by atoms with Crippen molar-refractivity contribution in [3.8, 4) is 0 Å². The Morgan fingerprint density at radius 3 is 2.33 bits per heavy atom. The van der Waals surface area contributed by atoms with E-state index in [-0.39, 0.29) is 11.9 Å². The fraction of sp³-hybridized carbons (Fsp3) is 0.611. The SMILES string of the molecule is C[C@@H](NC(=O)C(C)(N)c1ccccc1)C1CCCCCC1. The Hall–Kier alpha value is -1.35. The van der Waals surface area contributed by atoms with E-state index in [1.807, 2.05) is 30.3 Å². The van der Waals surface area contributed by atoms with Gasteiger partial charge in [0.25, 0.3) is 0 Å². The van der Waals surface area contributed by atoms with Gasteiger partial charge < -0.3 is 11.1 Å². The first-order chi connectivity index (χ1) is 10.0. The van der Waals surface area contributed by atoms with E-state index >= 15 is 0 Å². The lowest BCUT2D eigenvalue weighted by Crippen LogP contribution is -2.52. The van der Waals surface area contributed by atoms with Crippen LogP contribution in [0.25, 0.3) is 0 Å². The average molecular weight is 288 g/mol. The molecule has 2 rings (SSSR count). The van der Waals surface area contributed by atoms with Gasteiger partial charge in [0.1, 0.15) is 5.54 Å². The van der Waals surface area contributed by atoms with E-state index in [4.69, 9.17) is 5.73 Å². The van der Waals surface area contributed by atoms with Crippen molar-refractivity contribution in [2.24, 2.45) is 11.7 Å². The Morgan fingerprint density at radius 1 is 1.19 bits per heavy atom. The van der Waals surface area contributed by atoms with Gasteiger partial charge in [0.15, 0.2) is 0 Å². The van der Waals surface area contributed by atoms with E-state index < -0.39 is 5.54 Å². The Bertz CT molecular complexity index is 448. The molecule has 0 aromatic heterocycles. The number of hydrogen-bond donors (Lipinski definition) is 2. The lowest BCUT2D eigenvalue weighted by molar-refractivity contribution is -0.127. The minimum Gasteiger partial charge on any atom is -0.351 e. The number of benzene rings is 1. The van der Waals surface area contributed by atoms with Crippen LogP contribution in [0.2, 0.25) is 0 Å². The molecule has 1 aliphatic rings. The number of carbonyl (C=O) groups excluding carboxylic acids is 1. The van der Waals surface area contributed by atoms with Gasteiger partial charge in [0.05, 0.1) is 0 Å². The summed E-state index contributed by atoms with van der Waals surface area (Å²) in [4.78, 5) is 12.6. The Morgan fingerprint density at radius 2 is 1.76 bits per heavy atom. The second-order valence-electron chi connectivity index (χ2n) is 6.58. The van der Waals surface area contributed by atoms with Crippen LogP contribution >= 0.6 is 0 Å². The van der Waals surface area contributed by atoms with Crippen LogP contribution < -0.4 is 11.1 Å². The standard InChI is InChI=1S/C18H28N2O/c1-14(15-10-6-3-4-7-11-15)20-17(21)18(2,19)16-12-8-5-9-13-16/h5,8-9,12-15H,3-4,6-7,10-11,19H2,1-2H3,(H,20,21)/t14-,18?/m1/s1. The largest absolute Gasteiger partial charge is 0.351 e. The van der Waals surface area contributed by atoms with Gasteiger partial charge in [-0.1, -0.05) is 56.0 Å². The van der Waals surface area contributed by atoms with Gasteiger partial charge in [-0.25, -0.2) is 0 Å². The molecule has 0 spiro atoms. The maximum atomic E-state index is 12.6. The summed E-state index contributed by atoms with van der Waals surface area (Å²) in [6, 6.07) is 9.80. The van der Waals surface area contributed by atoms with E-state index in [2.05, 4.69) is 12.2 Å². The topological polar surface area (TPSA) is 55.1 Å². The molecule has 2 atom stereocenters. The van der Waals surface area contributed by atoms with Gasteiger partial charge in [-0.2, -0.15) is 0 Å². The molecule has 0 aliphatic heterocycles. The molecule has 1 aliphatic carbocycles. The maximum Gasteiger partial charge on any atom is 0.244 e. The Balaban J connectivity index is 1.99. The molecule has 0 radical (unpaired) electrons. The predicted molar refractivity (Wildman–Crippen MR) is 86.8 cm³/mol. The molecule has 1 amide bonds. The molecule has 3 N–H and O–H groups in total. The van der Waals surface area contributed by atoms with Crippen molar-refractivity contribution in [3.05, 3.63) is 35.9 Å². The summed E-state index contributed by atoms with van der Waals surface area (Å²) in [5.74, 6) is 0.508. The minimum atomic E-state index is -0.972. The zero-order valence-corrected chi connectivity index (χ0v) is 13.3. The summed E-state index contributed by atoms with van der Waals surface area (Å²) < 4.78 is 0. The van der Waals surface area contributed by atoms with Crippen molar-refractivity contribution < 1.29 is 4.79 Å². The molecule has 1 aromatic rings. The van der Waals surface area contributed by atoms with Crippen molar-refractivity contribution >= 4 is 5.91 Å². The van der Waals surface area contributed by atoms with Crippen LogP contribution in [0.1, 0.15) is 57.9 Å². The Kier molecular flexibility index (Phi) is 5.40. The van der Waals surface area contributed by atoms with Crippen molar-refractivity contribution in [1.82, 2.24) is 5.32 Å². The highest BCUT2D eigenvalue weighted by atomic mass is 16.2. The third-order valence-corrected chi connectivity index (χ3v) is 4.81. The number of rotatable bonds is 4. The second-order valence-corrected chi connectivity index (χ2v) is 6.58. The molecule has 3 nitrogen and oxygen atoms in total. The molecule has 0 saturated heterocycles. The van der Waals surface area contributed by atoms with Gasteiger partial charge in [-0.3, -0.25) is 4.79 Å². The summed E-state index contributed by atoms with van der Waals surface area (Å²) in [7, 11) is 0. The number of nitrogens with one attached hydrogen (secondary N) is 1. The molecular weight excluding hydrogens is 260 g/mol. The van der Waals surface area contributed by atoms with E-state index in [1.165, 1.54) is 38.5 Å². The number of nitrogens with two attached hydrogens (primary N) is 1. The lowest BCUT2D eigenvalue weighted by Gasteiger charge is -2.29. The van der Waals surface area contributed by atoms with Crippen molar-refractivity contribution in [3.63, 3.8) is 0 Å². The highest BCUT2D eigenvalue weighted by Gasteiger charge is 2.32. The average Bonchev–Trinajstić information content (AvgIpc) is 2.77. The van der Waals surface area contributed by atoms with Crippen molar-refractivity contribution in [1.29, 1.82) is 0 Å². The first-order valence-corrected chi connectivity index (χ1v) is 8.17. The fourth-order valence-electron chi connectivity index (χ4n) is 3.20. The number of amides is 1. The van der Waals surface area contributed by atoms with Gasteiger partial charge in [0, 0.05) is 6.04 Å². The van der Waals surface area contributed by atoms with E-state index in [0.29, 0.717) is 5.92 Å². The molecule has 1 fully saturated rings. The van der Waals surface area contributed by atoms with Gasteiger partial charge in [0.2, 0.25) is 5.91 Å². The van der Waals surface area contributed by atoms with Crippen LogP contribution in [-0.2, 0) is 10.3 Å². The first-order valence-electron chi connectivity index (χ1n) is 8.17. The highest BCUT2D eigenvalue weighted by Crippen LogP contribution is 2.26. The predicted octanol–water partition coefficient (Wildman–Crippen LogP) is 3.34. The normalized spacial score (nSPS) is 21.1. The van der Waals surface area contributed by atoms with Crippen molar-refractivity contribution in [2.45, 2.75) is 64.0 Å². The third kappa shape index (κ3) is 4.07. The lowest BCUT2D eigenvalue weighted by atomic mass is 9.89. The summed E-state index contributed by atoms with van der Waals surface area (Å²) >= 11 is 0.